The molecular weight excluding hydrogens is 238 g/mol. The van der Waals surface area contributed by atoms with Gasteiger partial charge in [0.2, 0.25) is 5.91 Å². The molecule has 98 valence electrons. The summed E-state index contributed by atoms with van der Waals surface area (Å²) in [5, 5.41) is 9.83. The van der Waals surface area contributed by atoms with Crippen molar-refractivity contribution in [3.63, 3.8) is 0 Å². The lowest BCUT2D eigenvalue weighted by atomic mass is 10.1. The smallest absolute Gasteiger partial charge is 0.223 e. The zero-order valence-corrected chi connectivity index (χ0v) is 11.0. The molecule has 0 radical (unpaired) electrons. The van der Waals surface area contributed by atoms with Crippen molar-refractivity contribution in [3.8, 4) is 6.07 Å². The van der Waals surface area contributed by atoms with Gasteiger partial charge in [-0.2, -0.15) is 5.26 Å². The van der Waals surface area contributed by atoms with E-state index in [4.69, 9.17) is 5.26 Å². The Balaban J connectivity index is 2.03. The van der Waals surface area contributed by atoms with Crippen molar-refractivity contribution in [2.24, 2.45) is 0 Å². The van der Waals surface area contributed by atoms with E-state index in [1.54, 1.807) is 4.90 Å². The molecule has 19 heavy (non-hydrogen) atoms. The van der Waals surface area contributed by atoms with Crippen LogP contribution in [0.3, 0.4) is 0 Å². The maximum atomic E-state index is 12.0. The van der Waals surface area contributed by atoms with Crippen LogP contribution in [-0.4, -0.2) is 28.9 Å². The molecule has 0 aliphatic heterocycles. The second-order valence-electron chi connectivity index (χ2n) is 4.43. The number of nitrogens with one attached hydrogen (secondary N) is 1. The molecule has 0 unspecified atom stereocenters. The van der Waals surface area contributed by atoms with Crippen molar-refractivity contribution in [1.29, 1.82) is 5.26 Å². The van der Waals surface area contributed by atoms with Crippen LogP contribution in [-0.2, 0) is 11.2 Å². The Morgan fingerprint density at radius 3 is 2.95 bits per heavy atom. The molecule has 0 spiro atoms. The standard InChI is InChI=1S/C15H17N3O/c1-2-18(10-9-16)15(19)8-7-12-11-17-14-6-4-3-5-13(12)14/h3-6,11,17H,2,7-8,10H2,1H3. The monoisotopic (exact) mass is 255 g/mol. The van der Waals surface area contributed by atoms with Crippen molar-refractivity contribution >= 4 is 16.8 Å². The number of carbonyl (C=O) groups excluding carboxylic acids is 1. The zero-order valence-electron chi connectivity index (χ0n) is 11.0. The zero-order chi connectivity index (χ0) is 13.7. The normalized spacial score (nSPS) is 10.3. The molecule has 1 aromatic carbocycles. The summed E-state index contributed by atoms with van der Waals surface area (Å²) >= 11 is 0. The molecule has 4 heteroatoms. The van der Waals surface area contributed by atoms with Crippen LogP contribution < -0.4 is 0 Å². The molecule has 0 saturated heterocycles. The maximum Gasteiger partial charge on any atom is 0.223 e. The van der Waals surface area contributed by atoms with Crippen molar-refractivity contribution in [3.05, 3.63) is 36.0 Å². The highest BCUT2D eigenvalue weighted by Gasteiger charge is 2.12. The number of rotatable bonds is 5. The summed E-state index contributed by atoms with van der Waals surface area (Å²) in [6.45, 7) is 2.64. The van der Waals surface area contributed by atoms with Crippen molar-refractivity contribution < 1.29 is 4.79 Å². The van der Waals surface area contributed by atoms with E-state index in [-0.39, 0.29) is 12.5 Å². The van der Waals surface area contributed by atoms with Gasteiger partial charge in [0, 0.05) is 30.1 Å². The van der Waals surface area contributed by atoms with Crippen LogP contribution >= 0.6 is 0 Å². The van der Waals surface area contributed by atoms with Gasteiger partial charge in [0.25, 0.3) is 0 Å². The lowest BCUT2D eigenvalue weighted by Gasteiger charge is -2.16. The van der Waals surface area contributed by atoms with Crippen molar-refractivity contribution in [2.45, 2.75) is 19.8 Å². The van der Waals surface area contributed by atoms with Gasteiger partial charge in [0.15, 0.2) is 0 Å². The summed E-state index contributed by atoms with van der Waals surface area (Å²) in [4.78, 5) is 16.7. The van der Waals surface area contributed by atoms with Gasteiger partial charge < -0.3 is 9.88 Å². The molecular formula is C15H17N3O. The third-order valence-electron chi connectivity index (χ3n) is 3.28. The fourth-order valence-corrected chi connectivity index (χ4v) is 2.20. The number of hydrogen-bond donors (Lipinski definition) is 1. The summed E-state index contributed by atoms with van der Waals surface area (Å²) in [5.74, 6) is 0.0364. The fourth-order valence-electron chi connectivity index (χ4n) is 2.20. The molecule has 0 fully saturated rings. The number of nitriles is 1. The highest BCUT2D eigenvalue weighted by Crippen LogP contribution is 2.19. The van der Waals surface area contributed by atoms with E-state index in [0.29, 0.717) is 19.4 Å². The number of nitrogens with zero attached hydrogens (tertiary/aromatic N) is 2. The average Bonchev–Trinajstić information content (AvgIpc) is 2.85. The number of para-hydroxylation sites is 1. The molecule has 0 atom stereocenters. The molecule has 0 saturated carbocycles. The van der Waals surface area contributed by atoms with E-state index in [9.17, 15) is 4.79 Å². The van der Waals surface area contributed by atoms with Crippen LogP contribution in [0.15, 0.2) is 30.5 Å². The van der Waals surface area contributed by atoms with Gasteiger partial charge in [-0.1, -0.05) is 18.2 Å². The third-order valence-corrected chi connectivity index (χ3v) is 3.28. The number of aromatic amines is 1. The van der Waals surface area contributed by atoms with Gasteiger partial charge in [-0.05, 0) is 25.0 Å². The topological polar surface area (TPSA) is 59.9 Å². The Morgan fingerprint density at radius 1 is 1.42 bits per heavy atom. The minimum Gasteiger partial charge on any atom is -0.361 e. The van der Waals surface area contributed by atoms with E-state index in [1.165, 1.54) is 5.39 Å². The van der Waals surface area contributed by atoms with Crippen LogP contribution in [0.2, 0.25) is 0 Å². The molecule has 2 rings (SSSR count). The van der Waals surface area contributed by atoms with Gasteiger partial charge in [0.05, 0.1) is 6.07 Å². The Labute approximate surface area is 112 Å². The lowest BCUT2D eigenvalue weighted by molar-refractivity contribution is -0.130. The summed E-state index contributed by atoms with van der Waals surface area (Å²) in [6, 6.07) is 10.1. The maximum absolute atomic E-state index is 12.0. The van der Waals surface area contributed by atoms with Crippen LogP contribution in [0.25, 0.3) is 10.9 Å². The quantitative estimate of drug-likeness (QED) is 0.834. The van der Waals surface area contributed by atoms with E-state index >= 15 is 0 Å². The first-order valence-corrected chi connectivity index (χ1v) is 6.46. The van der Waals surface area contributed by atoms with Crippen LogP contribution in [0, 0.1) is 11.3 Å². The molecule has 2 aromatic rings. The summed E-state index contributed by atoms with van der Waals surface area (Å²) in [7, 11) is 0. The predicted molar refractivity (Wildman–Crippen MR) is 74.5 cm³/mol. The lowest BCUT2D eigenvalue weighted by Crippen LogP contribution is -2.31. The minimum atomic E-state index is 0.0364. The Kier molecular flexibility index (Phi) is 4.19. The highest BCUT2D eigenvalue weighted by atomic mass is 16.2. The molecule has 1 amide bonds. The Hall–Kier alpha value is -2.28. The number of aromatic nitrogens is 1. The number of fused-ring (bicyclic) bond motifs is 1. The summed E-state index contributed by atoms with van der Waals surface area (Å²) in [6.07, 6.45) is 3.10. The van der Waals surface area contributed by atoms with Gasteiger partial charge >= 0.3 is 0 Å². The van der Waals surface area contributed by atoms with Crippen molar-refractivity contribution in [2.75, 3.05) is 13.1 Å². The number of benzene rings is 1. The van der Waals surface area contributed by atoms with Crippen LogP contribution in [0.1, 0.15) is 18.9 Å². The Bertz CT molecular complexity index is 609. The van der Waals surface area contributed by atoms with Gasteiger partial charge in [0.1, 0.15) is 6.54 Å². The van der Waals surface area contributed by atoms with E-state index in [1.807, 2.05) is 37.4 Å². The van der Waals surface area contributed by atoms with E-state index < -0.39 is 0 Å². The van der Waals surface area contributed by atoms with E-state index in [2.05, 4.69) is 11.1 Å². The van der Waals surface area contributed by atoms with Gasteiger partial charge in [-0.15, -0.1) is 0 Å². The number of amides is 1. The average molecular weight is 255 g/mol. The second kappa shape index (κ2) is 6.05. The SMILES string of the molecule is CCN(CC#N)C(=O)CCc1c[nH]c2ccccc12. The molecule has 1 heterocycles. The third kappa shape index (κ3) is 2.94. The highest BCUT2D eigenvalue weighted by molar-refractivity contribution is 5.84. The predicted octanol–water partition coefficient (Wildman–Crippen LogP) is 2.47. The molecule has 4 nitrogen and oxygen atoms in total. The first-order chi connectivity index (χ1) is 9.26. The minimum absolute atomic E-state index is 0.0364. The molecule has 0 aliphatic carbocycles. The van der Waals surface area contributed by atoms with Crippen LogP contribution in [0.5, 0.6) is 0 Å². The largest absolute Gasteiger partial charge is 0.361 e. The second-order valence-corrected chi connectivity index (χ2v) is 4.43. The van der Waals surface area contributed by atoms with Gasteiger partial charge in [-0.3, -0.25) is 4.79 Å². The number of H-pyrrole nitrogens is 1. The first-order valence-electron chi connectivity index (χ1n) is 6.46. The summed E-state index contributed by atoms with van der Waals surface area (Å²) < 4.78 is 0. The molecule has 1 N–H and O–H groups in total. The van der Waals surface area contributed by atoms with Gasteiger partial charge in [-0.25, -0.2) is 0 Å². The molecule has 1 aromatic heterocycles. The number of aryl methyl sites for hydroxylation is 1. The molecule has 0 bridgehead atoms. The van der Waals surface area contributed by atoms with E-state index in [0.717, 1.165) is 11.1 Å². The van der Waals surface area contributed by atoms with Crippen molar-refractivity contribution in [1.82, 2.24) is 9.88 Å². The van der Waals surface area contributed by atoms with Crippen LogP contribution in [0.4, 0.5) is 0 Å². The fraction of sp³-hybridized carbons (Fsp3) is 0.333. The number of hydrogen-bond acceptors (Lipinski definition) is 2. The summed E-state index contributed by atoms with van der Waals surface area (Å²) in [5.41, 5.74) is 2.24. The number of carbonyl (C=O) groups is 1. The first kappa shape index (κ1) is 13.2. The molecule has 0 aliphatic rings. The Morgan fingerprint density at radius 2 is 2.21 bits per heavy atom.